The van der Waals surface area contributed by atoms with Crippen LogP contribution < -0.4 is 15.0 Å². The molecule has 30 heavy (non-hydrogen) atoms. The molecule has 1 saturated heterocycles. The van der Waals surface area contributed by atoms with E-state index in [0.29, 0.717) is 23.3 Å². The normalized spacial score (nSPS) is 14.0. The van der Waals surface area contributed by atoms with E-state index >= 15 is 0 Å². The van der Waals surface area contributed by atoms with Gasteiger partial charge in [0.15, 0.2) is 5.69 Å². The second-order valence-electron chi connectivity index (χ2n) is 7.34. The molecule has 0 saturated carbocycles. The van der Waals surface area contributed by atoms with Crippen molar-refractivity contribution in [2.45, 2.75) is 20.8 Å². The molecule has 0 radical (unpaired) electrons. The number of hydrogen-bond donors (Lipinski definition) is 1. The first-order valence-electron chi connectivity index (χ1n) is 10.2. The first-order valence-corrected chi connectivity index (χ1v) is 10.2. The Balaban J connectivity index is 1.58. The summed E-state index contributed by atoms with van der Waals surface area (Å²) in [6, 6.07) is 11.7. The summed E-state index contributed by atoms with van der Waals surface area (Å²) in [7, 11) is 0. The maximum Gasteiger partial charge on any atom is 0.279 e. The molecule has 1 aliphatic rings. The minimum atomic E-state index is -0.342. The third-order valence-corrected chi connectivity index (χ3v) is 5.25. The molecule has 1 aliphatic heterocycles. The van der Waals surface area contributed by atoms with Gasteiger partial charge in [0.2, 0.25) is 5.88 Å². The van der Waals surface area contributed by atoms with Crippen LogP contribution in [-0.2, 0) is 4.74 Å². The molecule has 0 atom stereocenters. The molecule has 1 fully saturated rings. The molecular formula is C23H26N4O3. The Bertz CT molecular complexity index is 1060. The van der Waals surface area contributed by atoms with E-state index < -0.39 is 0 Å². The Hall–Kier alpha value is -3.19. The fraction of sp³-hybridized carbons (Fsp3) is 0.348. The molecule has 156 valence electrons. The van der Waals surface area contributed by atoms with E-state index in [-0.39, 0.29) is 17.5 Å². The molecule has 1 aromatic heterocycles. The predicted molar refractivity (Wildman–Crippen MR) is 118 cm³/mol. The number of ether oxygens (including phenoxy) is 2. The Morgan fingerprint density at radius 1 is 1.07 bits per heavy atom. The van der Waals surface area contributed by atoms with Gasteiger partial charge < -0.3 is 19.7 Å². The predicted octanol–water partition coefficient (Wildman–Crippen LogP) is 3.73. The molecule has 0 bridgehead atoms. The van der Waals surface area contributed by atoms with Gasteiger partial charge >= 0.3 is 0 Å². The van der Waals surface area contributed by atoms with Gasteiger partial charge in [-0.25, -0.2) is 9.97 Å². The number of hydrogen-bond acceptors (Lipinski definition) is 6. The summed E-state index contributed by atoms with van der Waals surface area (Å²) in [5, 5.41) is 2.91. The van der Waals surface area contributed by atoms with Crippen molar-refractivity contribution in [2.24, 2.45) is 0 Å². The molecule has 1 amide bonds. The van der Waals surface area contributed by atoms with Crippen LogP contribution in [0.5, 0.6) is 5.88 Å². The number of anilines is 2. The Kier molecular flexibility index (Phi) is 5.81. The lowest BCUT2D eigenvalue weighted by Gasteiger charge is -2.28. The van der Waals surface area contributed by atoms with Crippen molar-refractivity contribution in [3.05, 3.63) is 53.2 Å². The Labute approximate surface area is 176 Å². The molecule has 2 heterocycles. The monoisotopic (exact) mass is 406 g/mol. The summed E-state index contributed by atoms with van der Waals surface area (Å²) < 4.78 is 11.0. The van der Waals surface area contributed by atoms with Crippen molar-refractivity contribution in [3.63, 3.8) is 0 Å². The molecule has 4 rings (SSSR count). The van der Waals surface area contributed by atoms with Gasteiger partial charge in [-0.15, -0.1) is 0 Å². The largest absolute Gasteiger partial charge is 0.476 e. The maximum atomic E-state index is 13.0. The van der Waals surface area contributed by atoms with Crippen LogP contribution in [-0.4, -0.2) is 48.8 Å². The molecule has 0 aliphatic carbocycles. The molecule has 1 N–H and O–H groups in total. The van der Waals surface area contributed by atoms with E-state index in [1.165, 1.54) is 0 Å². The van der Waals surface area contributed by atoms with Crippen LogP contribution in [0, 0.1) is 13.8 Å². The number of amides is 1. The number of benzene rings is 2. The second kappa shape index (κ2) is 8.67. The van der Waals surface area contributed by atoms with Gasteiger partial charge in [-0.3, -0.25) is 4.79 Å². The molecular weight excluding hydrogens is 380 g/mol. The summed E-state index contributed by atoms with van der Waals surface area (Å²) in [5.74, 6) is -0.0964. The van der Waals surface area contributed by atoms with Crippen molar-refractivity contribution in [3.8, 4) is 5.88 Å². The van der Waals surface area contributed by atoms with Crippen LogP contribution in [0.1, 0.15) is 28.5 Å². The molecule has 7 heteroatoms. The van der Waals surface area contributed by atoms with Gasteiger partial charge in [0.05, 0.1) is 30.9 Å². The second-order valence-corrected chi connectivity index (χ2v) is 7.34. The SMILES string of the molecule is CCOc1nc2cc(C)c(C)cc2nc1C(=O)Nc1ccc(N2CCOCC2)cc1. The van der Waals surface area contributed by atoms with Crippen LogP contribution in [0.2, 0.25) is 0 Å². The van der Waals surface area contributed by atoms with Crippen LogP contribution in [0.3, 0.4) is 0 Å². The van der Waals surface area contributed by atoms with E-state index in [2.05, 4.69) is 20.2 Å². The molecule has 7 nitrogen and oxygen atoms in total. The number of aromatic nitrogens is 2. The van der Waals surface area contributed by atoms with Gasteiger partial charge in [0.1, 0.15) is 0 Å². The van der Waals surface area contributed by atoms with Crippen molar-refractivity contribution >= 4 is 28.3 Å². The molecule has 2 aromatic carbocycles. The van der Waals surface area contributed by atoms with E-state index in [0.717, 1.165) is 43.1 Å². The topological polar surface area (TPSA) is 76.6 Å². The van der Waals surface area contributed by atoms with E-state index in [9.17, 15) is 4.79 Å². The summed E-state index contributed by atoms with van der Waals surface area (Å²) in [6.45, 7) is 9.51. The fourth-order valence-corrected chi connectivity index (χ4v) is 3.45. The van der Waals surface area contributed by atoms with Crippen molar-refractivity contribution < 1.29 is 14.3 Å². The van der Waals surface area contributed by atoms with Crippen molar-refractivity contribution in [1.82, 2.24) is 9.97 Å². The average molecular weight is 406 g/mol. The smallest absolute Gasteiger partial charge is 0.279 e. The van der Waals surface area contributed by atoms with Crippen LogP contribution in [0.15, 0.2) is 36.4 Å². The first kappa shape index (κ1) is 20.1. The molecule has 3 aromatic rings. The number of morpholine rings is 1. The molecule has 0 unspecified atom stereocenters. The average Bonchev–Trinajstić information content (AvgIpc) is 2.76. The summed E-state index contributed by atoms with van der Waals surface area (Å²) in [4.78, 5) is 24.3. The van der Waals surface area contributed by atoms with Crippen molar-refractivity contribution in [1.29, 1.82) is 0 Å². The van der Waals surface area contributed by atoms with Gasteiger partial charge in [0, 0.05) is 24.5 Å². The van der Waals surface area contributed by atoms with Gasteiger partial charge in [-0.1, -0.05) is 0 Å². The Morgan fingerprint density at radius 2 is 1.70 bits per heavy atom. The number of nitrogens with one attached hydrogen (secondary N) is 1. The quantitative estimate of drug-likeness (QED) is 0.696. The lowest BCUT2D eigenvalue weighted by molar-refractivity contribution is 0.101. The number of carbonyl (C=O) groups excluding carboxylic acids is 1. The summed E-state index contributed by atoms with van der Waals surface area (Å²) in [6.07, 6.45) is 0. The third kappa shape index (κ3) is 4.21. The number of rotatable bonds is 5. The van der Waals surface area contributed by atoms with Crippen LogP contribution in [0.25, 0.3) is 11.0 Å². The van der Waals surface area contributed by atoms with E-state index in [1.807, 2.05) is 57.2 Å². The number of aryl methyl sites for hydroxylation is 2. The number of carbonyl (C=O) groups is 1. The third-order valence-electron chi connectivity index (χ3n) is 5.25. The van der Waals surface area contributed by atoms with Crippen LogP contribution >= 0.6 is 0 Å². The van der Waals surface area contributed by atoms with Gasteiger partial charge in [-0.2, -0.15) is 0 Å². The highest BCUT2D eigenvalue weighted by molar-refractivity contribution is 6.05. The summed E-state index contributed by atoms with van der Waals surface area (Å²) >= 11 is 0. The zero-order chi connectivity index (χ0) is 21.1. The Morgan fingerprint density at radius 3 is 2.33 bits per heavy atom. The van der Waals surface area contributed by atoms with E-state index in [4.69, 9.17) is 9.47 Å². The zero-order valence-electron chi connectivity index (χ0n) is 17.6. The fourth-order valence-electron chi connectivity index (χ4n) is 3.45. The lowest BCUT2D eigenvalue weighted by atomic mass is 10.1. The lowest BCUT2D eigenvalue weighted by Crippen LogP contribution is -2.36. The summed E-state index contributed by atoms with van der Waals surface area (Å²) in [5.41, 5.74) is 5.61. The molecule has 0 spiro atoms. The highest BCUT2D eigenvalue weighted by atomic mass is 16.5. The highest BCUT2D eigenvalue weighted by Gasteiger charge is 2.19. The minimum absolute atomic E-state index is 0.185. The highest BCUT2D eigenvalue weighted by Crippen LogP contribution is 2.24. The van der Waals surface area contributed by atoms with Crippen molar-refractivity contribution in [2.75, 3.05) is 43.1 Å². The number of fused-ring (bicyclic) bond motifs is 1. The van der Waals surface area contributed by atoms with E-state index in [1.54, 1.807) is 0 Å². The van der Waals surface area contributed by atoms with Gasteiger partial charge in [-0.05, 0) is 68.3 Å². The number of nitrogens with zero attached hydrogens (tertiary/aromatic N) is 3. The standard InChI is InChI=1S/C23H26N4O3/c1-4-30-23-21(25-19-13-15(2)16(3)14-20(19)26-23)22(28)24-17-5-7-18(8-6-17)27-9-11-29-12-10-27/h5-8,13-14H,4,9-12H2,1-3H3,(H,24,28). The first-order chi connectivity index (χ1) is 14.5. The van der Waals surface area contributed by atoms with Crippen LogP contribution in [0.4, 0.5) is 11.4 Å². The minimum Gasteiger partial charge on any atom is -0.476 e. The van der Waals surface area contributed by atoms with Gasteiger partial charge in [0.25, 0.3) is 5.91 Å². The zero-order valence-corrected chi connectivity index (χ0v) is 17.6. The maximum absolute atomic E-state index is 13.0.